The van der Waals surface area contributed by atoms with E-state index in [1.165, 1.54) is 0 Å². The van der Waals surface area contributed by atoms with Crippen molar-refractivity contribution in [2.45, 2.75) is 65.0 Å². The summed E-state index contributed by atoms with van der Waals surface area (Å²) in [6.45, 7) is 10.7. The smallest absolute Gasteiger partial charge is 0.278 e. The summed E-state index contributed by atoms with van der Waals surface area (Å²) >= 11 is 0. The van der Waals surface area contributed by atoms with Crippen molar-refractivity contribution in [3.8, 4) is 5.88 Å². The van der Waals surface area contributed by atoms with E-state index in [1.807, 2.05) is 57.3 Å². The summed E-state index contributed by atoms with van der Waals surface area (Å²) < 4.78 is 11.5. The average molecular weight is 548 g/mol. The van der Waals surface area contributed by atoms with Crippen molar-refractivity contribution in [2.24, 2.45) is 10.9 Å². The first kappa shape index (κ1) is 28.2. The summed E-state index contributed by atoms with van der Waals surface area (Å²) in [4.78, 5) is 39.6. The Balaban J connectivity index is 1.34. The second kappa shape index (κ2) is 12.9. The molecule has 1 saturated heterocycles. The van der Waals surface area contributed by atoms with Crippen LogP contribution in [0.25, 0.3) is 0 Å². The molecule has 1 aliphatic carbocycles. The summed E-state index contributed by atoms with van der Waals surface area (Å²) in [5.41, 5.74) is 3.72. The Bertz CT molecular complexity index is 1210. The quantitative estimate of drug-likeness (QED) is 0.537. The maximum Gasteiger partial charge on any atom is 0.278 e. The van der Waals surface area contributed by atoms with Crippen LogP contribution in [0.4, 0.5) is 5.69 Å². The fourth-order valence-electron chi connectivity index (χ4n) is 5.77. The molecule has 2 aliphatic heterocycles. The van der Waals surface area contributed by atoms with Crippen LogP contribution in [-0.4, -0.2) is 79.1 Å². The van der Waals surface area contributed by atoms with Crippen molar-refractivity contribution >= 4 is 23.3 Å². The molecule has 2 fully saturated rings. The Morgan fingerprint density at radius 2 is 1.85 bits per heavy atom. The largest absolute Gasteiger partial charge is 0.476 e. The van der Waals surface area contributed by atoms with Gasteiger partial charge < -0.3 is 19.7 Å². The molecular formula is C31H41N5O4. The minimum Gasteiger partial charge on any atom is -0.476 e. The first-order chi connectivity index (χ1) is 19.4. The van der Waals surface area contributed by atoms with Gasteiger partial charge in [0.25, 0.3) is 5.91 Å². The molecule has 0 unspecified atom stereocenters. The number of aromatic nitrogens is 1. The van der Waals surface area contributed by atoms with Crippen LogP contribution in [0, 0.1) is 12.8 Å². The molecule has 40 heavy (non-hydrogen) atoms. The van der Waals surface area contributed by atoms with Crippen LogP contribution >= 0.6 is 0 Å². The molecule has 2 aromatic rings. The van der Waals surface area contributed by atoms with Crippen LogP contribution in [0.1, 0.15) is 61.0 Å². The van der Waals surface area contributed by atoms with Crippen molar-refractivity contribution < 1.29 is 19.1 Å². The lowest BCUT2D eigenvalue weighted by Gasteiger charge is -2.36. The number of nitrogens with zero attached hydrogens (tertiary/aromatic N) is 4. The minimum atomic E-state index is -0.243. The summed E-state index contributed by atoms with van der Waals surface area (Å²) in [5, 5.41) is 3.06. The predicted molar refractivity (Wildman–Crippen MR) is 155 cm³/mol. The monoisotopic (exact) mass is 547 g/mol. The molecule has 9 heteroatoms. The zero-order chi connectivity index (χ0) is 28.1. The van der Waals surface area contributed by atoms with Crippen LogP contribution < -0.4 is 15.0 Å². The van der Waals surface area contributed by atoms with Crippen molar-refractivity contribution in [1.82, 2.24) is 15.2 Å². The Morgan fingerprint density at radius 1 is 1.12 bits per heavy atom. The van der Waals surface area contributed by atoms with Crippen molar-refractivity contribution in [2.75, 3.05) is 44.4 Å². The second-order valence-corrected chi connectivity index (χ2v) is 11.4. The zero-order valence-corrected chi connectivity index (χ0v) is 23.9. The Kier molecular flexibility index (Phi) is 9.11. The first-order valence-corrected chi connectivity index (χ1v) is 14.6. The molecule has 2 amide bonds. The van der Waals surface area contributed by atoms with E-state index in [0.717, 1.165) is 81.2 Å². The number of nitrogens with one attached hydrogen (secondary N) is 1. The van der Waals surface area contributed by atoms with Crippen LogP contribution in [0.2, 0.25) is 0 Å². The van der Waals surface area contributed by atoms with Gasteiger partial charge in [-0.3, -0.25) is 14.5 Å². The summed E-state index contributed by atoms with van der Waals surface area (Å²) in [6, 6.07) is 9.80. The molecule has 1 aromatic carbocycles. The molecule has 0 atom stereocenters. The highest BCUT2D eigenvalue weighted by molar-refractivity contribution is 6.12. The van der Waals surface area contributed by atoms with Gasteiger partial charge in [-0.1, -0.05) is 17.7 Å². The van der Waals surface area contributed by atoms with E-state index in [9.17, 15) is 9.59 Å². The third kappa shape index (κ3) is 6.88. The SMILES string of the molecule is Cc1ccc(C(=O)N=C2Cc3cnc(OCCN4CCOCC4)cc3N2C2CCC(C(=O)NC(C)C)CC2)cc1. The van der Waals surface area contributed by atoms with Crippen molar-refractivity contribution in [3.63, 3.8) is 0 Å². The number of ether oxygens (including phenoxy) is 2. The van der Waals surface area contributed by atoms with Gasteiger partial charge in [0.1, 0.15) is 12.4 Å². The number of aryl methyl sites for hydroxylation is 1. The third-order valence-electron chi connectivity index (χ3n) is 7.98. The molecule has 5 rings (SSSR count). The highest BCUT2D eigenvalue weighted by Crippen LogP contribution is 2.38. The number of amidine groups is 1. The minimum absolute atomic E-state index is 0.0202. The van der Waals surface area contributed by atoms with Gasteiger partial charge in [0, 0.05) is 67.4 Å². The van der Waals surface area contributed by atoms with E-state index in [1.54, 1.807) is 0 Å². The topological polar surface area (TPSA) is 96.4 Å². The van der Waals surface area contributed by atoms with Crippen LogP contribution in [-0.2, 0) is 16.0 Å². The molecule has 1 N–H and O–H groups in total. The fourth-order valence-corrected chi connectivity index (χ4v) is 5.77. The molecule has 0 bridgehead atoms. The van der Waals surface area contributed by atoms with Gasteiger partial charge in [-0.05, 0) is 58.6 Å². The molecule has 1 saturated carbocycles. The molecule has 0 radical (unpaired) electrons. The predicted octanol–water partition coefficient (Wildman–Crippen LogP) is 3.79. The Hall–Kier alpha value is -3.30. The number of rotatable bonds is 8. The van der Waals surface area contributed by atoms with Gasteiger partial charge in [-0.25, -0.2) is 4.98 Å². The first-order valence-electron chi connectivity index (χ1n) is 14.6. The number of anilines is 1. The normalized spacial score (nSPS) is 22.4. The van der Waals surface area contributed by atoms with Gasteiger partial charge >= 0.3 is 0 Å². The average Bonchev–Trinajstić information content (AvgIpc) is 3.30. The summed E-state index contributed by atoms with van der Waals surface area (Å²) in [5.74, 6) is 1.23. The number of aliphatic imine (C=N–C) groups is 1. The van der Waals surface area contributed by atoms with Crippen LogP contribution in [0.5, 0.6) is 5.88 Å². The molecular weight excluding hydrogens is 506 g/mol. The van der Waals surface area contributed by atoms with E-state index < -0.39 is 0 Å². The number of hydrogen-bond donors (Lipinski definition) is 1. The summed E-state index contributed by atoms with van der Waals surface area (Å²) in [7, 11) is 0. The van der Waals surface area contributed by atoms with E-state index >= 15 is 0 Å². The number of benzene rings is 1. The van der Waals surface area contributed by atoms with Gasteiger partial charge in [-0.2, -0.15) is 4.99 Å². The van der Waals surface area contributed by atoms with E-state index in [0.29, 0.717) is 24.5 Å². The summed E-state index contributed by atoms with van der Waals surface area (Å²) in [6.07, 6.45) is 5.71. The number of amides is 2. The number of hydrogen-bond acceptors (Lipinski definition) is 6. The zero-order valence-electron chi connectivity index (χ0n) is 23.9. The molecule has 3 aliphatic rings. The maximum absolute atomic E-state index is 13.2. The lowest BCUT2D eigenvalue weighted by molar-refractivity contribution is -0.126. The van der Waals surface area contributed by atoms with Crippen LogP contribution in [0.15, 0.2) is 41.5 Å². The molecule has 3 heterocycles. The van der Waals surface area contributed by atoms with E-state index in [4.69, 9.17) is 9.47 Å². The van der Waals surface area contributed by atoms with E-state index in [2.05, 4.69) is 25.1 Å². The Labute approximate surface area is 237 Å². The third-order valence-corrected chi connectivity index (χ3v) is 7.98. The van der Waals surface area contributed by atoms with E-state index in [-0.39, 0.29) is 29.8 Å². The van der Waals surface area contributed by atoms with Gasteiger partial charge in [-0.15, -0.1) is 0 Å². The van der Waals surface area contributed by atoms with Gasteiger partial charge in [0.2, 0.25) is 11.8 Å². The molecule has 1 aromatic heterocycles. The highest BCUT2D eigenvalue weighted by atomic mass is 16.5. The fraction of sp³-hybridized carbons (Fsp3) is 0.548. The molecule has 9 nitrogen and oxygen atoms in total. The van der Waals surface area contributed by atoms with Crippen molar-refractivity contribution in [1.29, 1.82) is 0 Å². The Morgan fingerprint density at radius 3 is 2.55 bits per heavy atom. The molecule has 0 spiro atoms. The number of carbonyl (C=O) groups is 2. The number of carbonyl (C=O) groups excluding carboxylic acids is 2. The molecule has 214 valence electrons. The maximum atomic E-state index is 13.2. The highest BCUT2D eigenvalue weighted by Gasteiger charge is 2.36. The number of morpholine rings is 1. The lowest BCUT2D eigenvalue weighted by atomic mass is 9.84. The number of pyridine rings is 1. The second-order valence-electron chi connectivity index (χ2n) is 11.4. The number of fused-ring (bicyclic) bond motifs is 1. The standard InChI is InChI=1S/C31H41N5O4/c1-21(2)33-30(37)24-8-10-26(11-9-24)36-27-19-29(40-17-14-35-12-15-39-16-13-35)32-20-25(27)18-28(36)34-31(38)23-6-4-22(3)5-7-23/h4-7,19-21,24,26H,8-18H2,1-3H3,(H,33,37). The lowest BCUT2D eigenvalue weighted by Crippen LogP contribution is -2.44. The van der Waals surface area contributed by atoms with Crippen LogP contribution in [0.3, 0.4) is 0 Å². The van der Waals surface area contributed by atoms with Gasteiger partial charge in [0.05, 0.1) is 18.9 Å². The van der Waals surface area contributed by atoms with Crippen molar-refractivity contribution in [3.05, 3.63) is 53.2 Å². The van der Waals surface area contributed by atoms with Gasteiger partial charge in [0.15, 0.2) is 0 Å².